The molecule has 0 aromatic heterocycles. The molecule has 36 heavy (non-hydrogen) atoms. The van der Waals surface area contributed by atoms with Crippen LogP contribution in [0.5, 0.6) is 17.2 Å². The fourth-order valence-electron chi connectivity index (χ4n) is 4.07. The molecule has 1 unspecified atom stereocenters. The number of hydrogen-bond donors (Lipinski definition) is 2. The smallest absolute Gasteiger partial charge is 0.300 e. The topological polar surface area (TPSA) is 96.3 Å². The summed E-state index contributed by atoms with van der Waals surface area (Å²) < 4.78 is 10.9. The van der Waals surface area contributed by atoms with Crippen LogP contribution in [-0.2, 0) is 9.59 Å². The van der Waals surface area contributed by atoms with Crippen molar-refractivity contribution in [1.29, 1.82) is 0 Å². The molecule has 1 heterocycles. The third-order valence-electron chi connectivity index (χ3n) is 5.74. The predicted molar refractivity (Wildman–Crippen MR) is 138 cm³/mol. The van der Waals surface area contributed by atoms with E-state index in [1.54, 1.807) is 54.6 Å². The maximum Gasteiger partial charge on any atom is 0.300 e. The first-order valence-corrected chi connectivity index (χ1v) is 11.8. The van der Waals surface area contributed by atoms with E-state index in [1.807, 2.05) is 13.8 Å². The van der Waals surface area contributed by atoms with Gasteiger partial charge >= 0.3 is 0 Å². The third-order valence-corrected chi connectivity index (χ3v) is 5.98. The molecule has 0 radical (unpaired) electrons. The Kier molecular flexibility index (Phi) is 7.22. The lowest BCUT2D eigenvalue weighted by Crippen LogP contribution is -2.29. The number of aromatic hydroxyl groups is 1. The van der Waals surface area contributed by atoms with E-state index in [0.717, 1.165) is 0 Å². The Morgan fingerprint density at radius 1 is 1.06 bits per heavy atom. The number of amides is 1. The summed E-state index contributed by atoms with van der Waals surface area (Å²) >= 11 is 6.18. The van der Waals surface area contributed by atoms with E-state index in [4.69, 9.17) is 21.1 Å². The number of anilines is 1. The number of aliphatic hydroxyl groups excluding tert-OH is 1. The third kappa shape index (κ3) is 4.88. The molecule has 1 saturated heterocycles. The van der Waals surface area contributed by atoms with Crippen LogP contribution in [-0.4, -0.2) is 35.6 Å². The van der Waals surface area contributed by atoms with Crippen LogP contribution in [0.2, 0.25) is 5.02 Å². The van der Waals surface area contributed by atoms with Crippen molar-refractivity contribution in [3.05, 3.63) is 88.5 Å². The predicted octanol–water partition coefficient (Wildman–Crippen LogP) is 5.72. The molecule has 4 rings (SSSR count). The zero-order valence-corrected chi connectivity index (χ0v) is 20.8. The number of ether oxygens (including phenoxy) is 2. The molecule has 1 aliphatic rings. The van der Waals surface area contributed by atoms with Crippen LogP contribution in [0, 0.1) is 5.92 Å². The van der Waals surface area contributed by atoms with E-state index in [2.05, 4.69) is 0 Å². The molecule has 1 atom stereocenters. The summed E-state index contributed by atoms with van der Waals surface area (Å²) in [5.74, 6) is -1.16. The fourth-order valence-corrected chi connectivity index (χ4v) is 4.25. The molecule has 0 saturated carbocycles. The van der Waals surface area contributed by atoms with Gasteiger partial charge in [0.05, 0.1) is 25.3 Å². The maximum atomic E-state index is 13.3. The van der Waals surface area contributed by atoms with Gasteiger partial charge < -0.3 is 19.7 Å². The van der Waals surface area contributed by atoms with Gasteiger partial charge in [-0.15, -0.1) is 0 Å². The number of carbonyl (C=O) groups excluding carboxylic acids is 2. The van der Waals surface area contributed by atoms with Crippen LogP contribution in [0.4, 0.5) is 5.69 Å². The van der Waals surface area contributed by atoms with Crippen molar-refractivity contribution in [3.8, 4) is 17.2 Å². The monoisotopic (exact) mass is 507 g/mol. The molecule has 8 heteroatoms. The standard InChI is InChI=1S/C28H26ClNO6/c1-16(2)15-36-21-9-4-6-18(12-21)26(32)24-25(17-10-11-23(35-3)22(31)13-17)30(28(34)27(24)33)20-8-5-7-19(29)14-20/h4-14,16,25,31-32H,15H2,1-3H3/b26-24-. The Labute approximate surface area is 214 Å². The number of aliphatic hydroxyl groups is 1. The van der Waals surface area contributed by atoms with Crippen molar-refractivity contribution in [2.24, 2.45) is 5.92 Å². The number of phenols is 1. The fraction of sp³-hybridized carbons (Fsp3) is 0.214. The molecular weight excluding hydrogens is 482 g/mol. The minimum Gasteiger partial charge on any atom is -0.507 e. The average Bonchev–Trinajstić information content (AvgIpc) is 3.12. The van der Waals surface area contributed by atoms with Gasteiger partial charge in [-0.05, 0) is 53.9 Å². The number of hydrogen-bond acceptors (Lipinski definition) is 6. The van der Waals surface area contributed by atoms with Crippen molar-refractivity contribution in [3.63, 3.8) is 0 Å². The number of rotatable bonds is 7. The summed E-state index contributed by atoms with van der Waals surface area (Å²) in [7, 11) is 1.42. The van der Waals surface area contributed by atoms with Crippen LogP contribution < -0.4 is 14.4 Å². The van der Waals surface area contributed by atoms with E-state index in [9.17, 15) is 19.8 Å². The number of phenolic OH excluding ortho intramolecular Hbond substituents is 1. The van der Waals surface area contributed by atoms with Gasteiger partial charge in [0.15, 0.2) is 11.5 Å². The normalized spacial score (nSPS) is 17.0. The molecular formula is C28H26ClNO6. The Bertz CT molecular complexity index is 1350. The maximum absolute atomic E-state index is 13.3. The van der Waals surface area contributed by atoms with Gasteiger partial charge in [-0.1, -0.05) is 49.7 Å². The molecule has 3 aromatic rings. The number of ketones is 1. The molecule has 2 N–H and O–H groups in total. The van der Waals surface area contributed by atoms with Gasteiger partial charge in [-0.25, -0.2) is 0 Å². The van der Waals surface area contributed by atoms with Gasteiger partial charge in [-0.3, -0.25) is 14.5 Å². The van der Waals surface area contributed by atoms with Gasteiger partial charge in [0, 0.05) is 16.3 Å². The highest BCUT2D eigenvalue weighted by atomic mass is 35.5. The molecule has 1 fully saturated rings. The second-order valence-corrected chi connectivity index (χ2v) is 9.25. The molecule has 0 spiro atoms. The second-order valence-electron chi connectivity index (χ2n) is 8.81. The molecule has 1 aliphatic heterocycles. The average molecular weight is 508 g/mol. The van der Waals surface area contributed by atoms with E-state index in [1.165, 1.54) is 24.1 Å². The lowest BCUT2D eigenvalue weighted by molar-refractivity contribution is -0.132. The van der Waals surface area contributed by atoms with E-state index >= 15 is 0 Å². The van der Waals surface area contributed by atoms with Gasteiger partial charge in [0.1, 0.15) is 11.5 Å². The van der Waals surface area contributed by atoms with Gasteiger partial charge in [-0.2, -0.15) is 0 Å². The van der Waals surface area contributed by atoms with Crippen molar-refractivity contribution in [1.82, 2.24) is 0 Å². The van der Waals surface area contributed by atoms with Crippen molar-refractivity contribution in [2.75, 3.05) is 18.6 Å². The number of nitrogens with zero attached hydrogens (tertiary/aromatic N) is 1. The summed E-state index contributed by atoms with van der Waals surface area (Å²) in [6, 6.07) is 16.8. The zero-order chi connectivity index (χ0) is 26.0. The largest absolute Gasteiger partial charge is 0.507 e. The van der Waals surface area contributed by atoms with E-state index in [0.29, 0.717) is 40.1 Å². The first-order valence-electron chi connectivity index (χ1n) is 11.4. The minimum atomic E-state index is -1.03. The van der Waals surface area contributed by atoms with E-state index in [-0.39, 0.29) is 22.8 Å². The van der Waals surface area contributed by atoms with Crippen molar-refractivity contribution in [2.45, 2.75) is 19.9 Å². The Balaban J connectivity index is 1.89. The highest BCUT2D eigenvalue weighted by molar-refractivity contribution is 6.51. The molecule has 0 aliphatic carbocycles. The summed E-state index contributed by atoms with van der Waals surface area (Å²) in [6.45, 7) is 4.52. The Hall–Kier alpha value is -3.97. The Morgan fingerprint density at radius 3 is 2.47 bits per heavy atom. The first-order chi connectivity index (χ1) is 17.2. The highest BCUT2D eigenvalue weighted by Crippen LogP contribution is 2.44. The van der Waals surface area contributed by atoms with Crippen molar-refractivity contribution >= 4 is 34.7 Å². The van der Waals surface area contributed by atoms with Crippen LogP contribution in [0.25, 0.3) is 5.76 Å². The lowest BCUT2D eigenvalue weighted by atomic mass is 9.94. The van der Waals surface area contributed by atoms with Crippen LogP contribution in [0.1, 0.15) is 31.0 Å². The summed E-state index contributed by atoms with van der Waals surface area (Å²) in [5, 5.41) is 22.2. The number of Topliss-reactive ketones (excluding diaryl/α,β-unsaturated/α-hetero) is 1. The molecule has 7 nitrogen and oxygen atoms in total. The summed E-state index contributed by atoms with van der Waals surface area (Å²) in [6.07, 6.45) is 0. The number of halogens is 1. The molecule has 186 valence electrons. The number of carbonyl (C=O) groups is 2. The second kappa shape index (κ2) is 10.3. The zero-order valence-electron chi connectivity index (χ0n) is 20.1. The van der Waals surface area contributed by atoms with Crippen LogP contribution in [0.15, 0.2) is 72.3 Å². The minimum absolute atomic E-state index is 0.120. The van der Waals surface area contributed by atoms with Crippen LogP contribution in [0.3, 0.4) is 0 Å². The summed E-state index contributed by atoms with van der Waals surface area (Å²) in [4.78, 5) is 27.9. The Morgan fingerprint density at radius 2 is 1.81 bits per heavy atom. The lowest BCUT2D eigenvalue weighted by Gasteiger charge is -2.26. The van der Waals surface area contributed by atoms with E-state index < -0.39 is 17.7 Å². The highest BCUT2D eigenvalue weighted by Gasteiger charge is 2.47. The van der Waals surface area contributed by atoms with Gasteiger partial charge in [0.25, 0.3) is 11.7 Å². The van der Waals surface area contributed by atoms with Gasteiger partial charge in [0.2, 0.25) is 0 Å². The SMILES string of the molecule is COc1ccc(C2/C(=C(/O)c3cccc(OCC(C)C)c3)C(=O)C(=O)N2c2cccc(Cl)c2)cc1O. The quantitative estimate of drug-likeness (QED) is 0.241. The molecule has 0 bridgehead atoms. The number of benzene rings is 3. The van der Waals surface area contributed by atoms with Crippen molar-refractivity contribution < 1.29 is 29.3 Å². The number of methoxy groups -OCH3 is 1. The molecule has 1 amide bonds. The van der Waals surface area contributed by atoms with Crippen LogP contribution >= 0.6 is 11.6 Å². The molecule has 3 aromatic carbocycles. The first kappa shape index (κ1) is 25.1. The summed E-state index contributed by atoms with van der Waals surface area (Å²) in [5.41, 5.74) is 0.979.